The minimum absolute atomic E-state index is 0.288. The smallest absolute Gasteiger partial charge is 0.258 e. The number of nitro benzene ring substituents is 1. The van der Waals surface area contributed by atoms with Gasteiger partial charge in [0, 0.05) is 4.47 Å². The summed E-state index contributed by atoms with van der Waals surface area (Å²) >= 11 is 2.64. The molecule has 0 saturated carbocycles. The Labute approximate surface area is 107 Å². The third-order valence-electron chi connectivity index (χ3n) is 1.83. The van der Waals surface area contributed by atoms with Crippen LogP contribution in [0.2, 0.25) is 0 Å². The Hall–Kier alpha value is -1.20. The van der Waals surface area contributed by atoms with Crippen molar-refractivity contribution in [2.75, 3.05) is 0 Å². The molecule has 1 aromatic rings. The van der Waals surface area contributed by atoms with Crippen LogP contribution in [0.5, 0.6) is 0 Å². The van der Waals surface area contributed by atoms with E-state index in [9.17, 15) is 31.7 Å². The maximum absolute atomic E-state index is 12.6. The first-order valence-electron chi connectivity index (χ1n) is 4.02. The standard InChI is InChI=1S/C7H4BrF3N2O4S/c8-3-1-4(7(9,10)11)6(13(14)15)5(2-3)18(12,16)17/h1-2H,(H2,12,16,17). The predicted molar refractivity (Wildman–Crippen MR) is 57.2 cm³/mol. The van der Waals surface area contributed by atoms with Crippen LogP contribution in [0.3, 0.4) is 0 Å². The van der Waals surface area contributed by atoms with E-state index in [0.717, 1.165) is 0 Å². The van der Waals surface area contributed by atoms with Crippen molar-refractivity contribution in [1.29, 1.82) is 0 Å². The van der Waals surface area contributed by atoms with Crippen LogP contribution in [0.1, 0.15) is 5.56 Å². The van der Waals surface area contributed by atoms with Crippen LogP contribution in [0, 0.1) is 10.1 Å². The van der Waals surface area contributed by atoms with Gasteiger partial charge in [-0.15, -0.1) is 0 Å². The second-order valence-corrected chi connectivity index (χ2v) is 5.55. The van der Waals surface area contributed by atoms with E-state index in [-0.39, 0.29) is 4.47 Å². The molecule has 0 aliphatic carbocycles. The number of benzene rings is 1. The normalized spacial score (nSPS) is 12.5. The quantitative estimate of drug-likeness (QED) is 0.652. The number of nitrogens with zero attached hydrogens (tertiary/aromatic N) is 1. The maximum Gasteiger partial charge on any atom is 0.423 e. The molecule has 11 heteroatoms. The zero-order valence-electron chi connectivity index (χ0n) is 8.23. The first-order valence-corrected chi connectivity index (χ1v) is 6.36. The summed E-state index contributed by atoms with van der Waals surface area (Å²) in [6, 6.07) is 1.05. The van der Waals surface area contributed by atoms with Crippen LogP contribution in [0.15, 0.2) is 21.5 Å². The van der Waals surface area contributed by atoms with E-state index in [1.54, 1.807) is 0 Å². The lowest BCUT2D eigenvalue weighted by atomic mass is 10.2. The van der Waals surface area contributed by atoms with Crippen molar-refractivity contribution in [3.05, 3.63) is 32.3 Å². The van der Waals surface area contributed by atoms with Crippen molar-refractivity contribution in [2.45, 2.75) is 11.1 Å². The number of nitrogens with two attached hydrogens (primary N) is 1. The molecule has 1 aromatic carbocycles. The Balaban J connectivity index is 3.86. The van der Waals surface area contributed by atoms with Gasteiger partial charge in [-0.2, -0.15) is 13.2 Å². The van der Waals surface area contributed by atoms with E-state index < -0.39 is 37.3 Å². The second kappa shape index (κ2) is 4.48. The molecule has 1 rings (SSSR count). The number of primary sulfonamides is 1. The molecule has 0 aliphatic rings. The van der Waals surface area contributed by atoms with Gasteiger partial charge in [0.2, 0.25) is 10.0 Å². The van der Waals surface area contributed by atoms with Gasteiger partial charge in [0.15, 0.2) is 4.90 Å². The number of hydrogen-bond acceptors (Lipinski definition) is 4. The largest absolute Gasteiger partial charge is 0.423 e. The van der Waals surface area contributed by atoms with E-state index >= 15 is 0 Å². The van der Waals surface area contributed by atoms with E-state index in [0.29, 0.717) is 12.1 Å². The molecule has 18 heavy (non-hydrogen) atoms. The first-order chi connectivity index (χ1) is 7.94. The lowest BCUT2D eigenvalue weighted by Gasteiger charge is -2.10. The summed E-state index contributed by atoms with van der Waals surface area (Å²) in [4.78, 5) is 7.98. The number of alkyl halides is 3. The van der Waals surface area contributed by atoms with Crippen LogP contribution in [0.4, 0.5) is 18.9 Å². The molecular weight excluding hydrogens is 345 g/mol. The molecule has 0 radical (unpaired) electrons. The molecule has 0 saturated heterocycles. The Bertz CT molecular complexity index is 614. The fourth-order valence-corrected chi connectivity index (χ4v) is 2.55. The highest BCUT2D eigenvalue weighted by Crippen LogP contribution is 2.41. The zero-order valence-corrected chi connectivity index (χ0v) is 10.6. The summed E-state index contributed by atoms with van der Waals surface area (Å²) < 4.78 is 59.6. The molecule has 0 aliphatic heterocycles. The van der Waals surface area contributed by atoms with Crippen LogP contribution in [0.25, 0.3) is 0 Å². The third-order valence-corrected chi connectivity index (χ3v) is 3.22. The van der Waals surface area contributed by atoms with Gasteiger partial charge in [-0.3, -0.25) is 10.1 Å². The van der Waals surface area contributed by atoms with Crippen molar-refractivity contribution < 1.29 is 26.5 Å². The van der Waals surface area contributed by atoms with Crippen LogP contribution >= 0.6 is 15.9 Å². The van der Waals surface area contributed by atoms with E-state index in [2.05, 4.69) is 21.1 Å². The van der Waals surface area contributed by atoms with Gasteiger partial charge in [0.1, 0.15) is 5.56 Å². The summed E-state index contributed by atoms with van der Waals surface area (Å²) in [5, 5.41) is 15.3. The molecule has 0 fully saturated rings. The van der Waals surface area contributed by atoms with Gasteiger partial charge in [-0.1, -0.05) is 15.9 Å². The highest BCUT2D eigenvalue weighted by molar-refractivity contribution is 9.10. The van der Waals surface area contributed by atoms with E-state index in [1.807, 2.05) is 0 Å². The van der Waals surface area contributed by atoms with Gasteiger partial charge in [-0.25, -0.2) is 13.6 Å². The molecule has 0 unspecified atom stereocenters. The third kappa shape index (κ3) is 2.97. The lowest BCUT2D eigenvalue weighted by Crippen LogP contribution is -2.18. The van der Waals surface area contributed by atoms with E-state index in [1.165, 1.54) is 0 Å². The Kier molecular flexibility index (Phi) is 3.70. The van der Waals surface area contributed by atoms with Crippen molar-refractivity contribution in [2.24, 2.45) is 5.14 Å². The van der Waals surface area contributed by atoms with Crippen LogP contribution < -0.4 is 5.14 Å². The first kappa shape index (κ1) is 14.9. The fourth-order valence-electron chi connectivity index (χ4n) is 1.20. The zero-order chi connectivity index (χ0) is 14.3. The van der Waals surface area contributed by atoms with Gasteiger partial charge in [0.25, 0.3) is 0 Å². The number of rotatable bonds is 2. The number of sulfonamides is 1. The molecular formula is C7H4BrF3N2O4S. The predicted octanol–water partition coefficient (Wildman–Crippen LogP) is 2.02. The average Bonchev–Trinajstić information content (AvgIpc) is 2.12. The molecule has 0 amide bonds. The molecule has 0 spiro atoms. The lowest BCUT2D eigenvalue weighted by molar-refractivity contribution is -0.391. The average molecular weight is 349 g/mol. The Morgan fingerprint density at radius 3 is 2.17 bits per heavy atom. The molecule has 0 heterocycles. The minimum Gasteiger partial charge on any atom is -0.258 e. The van der Waals surface area contributed by atoms with Crippen molar-refractivity contribution >= 4 is 31.6 Å². The van der Waals surface area contributed by atoms with Gasteiger partial charge in [0.05, 0.1) is 4.92 Å². The summed E-state index contributed by atoms with van der Waals surface area (Å²) in [7, 11) is -4.66. The SMILES string of the molecule is NS(=O)(=O)c1cc(Br)cc(C(F)(F)F)c1[N+](=O)[O-]. The second-order valence-electron chi connectivity index (χ2n) is 3.10. The molecule has 0 atom stereocenters. The number of nitro groups is 1. The van der Waals surface area contributed by atoms with Gasteiger partial charge in [-0.05, 0) is 12.1 Å². The highest BCUT2D eigenvalue weighted by Gasteiger charge is 2.42. The van der Waals surface area contributed by atoms with Crippen molar-refractivity contribution in [1.82, 2.24) is 0 Å². The van der Waals surface area contributed by atoms with Gasteiger partial charge >= 0.3 is 11.9 Å². The molecule has 2 N–H and O–H groups in total. The van der Waals surface area contributed by atoms with E-state index in [4.69, 9.17) is 0 Å². The highest BCUT2D eigenvalue weighted by atomic mass is 79.9. The monoisotopic (exact) mass is 348 g/mol. The van der Waals surface area contributed by atoms with Crippen LogP contribution in [-0.4, -0.2) is 13.3 Å². The minimum atomic E-state index is -5.08. The van der Waals surface area contributed by atoms with Crippen molar-refractivity contribution in [3.63, 3.8) is 0 Å². The molecule has 0 aromatic heterocycles. The summed E-state index contributed by atoms with van der Waals surface area (Å²) in [6.45, 7) is 0. The van der Waals surface area contributed by atoms with Gasteiger partial charge < -0.3 is 0 Å². The fraction of sp³-hybridized carbons (Fsp3) is 0.143. The molecule has 100 valence electrons. The summed E-state index contributed by atoms with van der Waals surface area (Å²) in [6.07, 6.45) is -5.08. The number of hydrogen-bond donors (Lipinski definition) is 1. The summed E-state index contributed by atoms with van der Waals surface area (Å²) in [5.74, 6) is 0. The summed E-state index contributed by atoms with van der Waals surface area (Å²) in [5.41, 5.74) is -3.28. The van der Waals surface area contributed by atoms with Crippen LogP contribution in [-0.2, 0) is 16.2 Å². The maximum atomic E-state index is 12.6. The molecule has 0 bridgehead atoms. The molecule has 6 nitrogen and oxygen atoms in total. The Morgan fingerprint density at radius 2 is 1.83 bits per heavy atom. The van der Waals surface area contributed by atoms with Crippen molar-refractivity contribution in [3.8, 4) is 0 Å². The number of halogens is 4. The topological polar surface area (TPSA) is 103 Å². The Morgan fingerprint density at radius 1 is 1.33 bits per heavy atom.